The first-order valence-electron chi connectivity index (χ1n) is 13.2. The Morgan fingerprint density at radius 2 is 1.74 bits per heavy atom. The Labute approximate surface area is 224 Å². The highest BCUT2D eigenvalue weighted by Crippen LogP contribution is 2.47. The van der Waals surface area contributed by atoms with Crippen molar-refractivity contribution in [3.63, 3.8) is 0 Å². The second-order valence-corrected chi connectivity index (χ2v) is 9.86. The first-order valence-corrected chi connectivity index (χ1v) is 13.2. The minimum atomic E-state index is -0.541. The molecule has 8 nitrogen and oxygen atoms in total. The van der Waals surface area contributed by atoms with Crippen molar-refractivity contribution in [3.05, 3.63) is 52.9 Å². The van der Waals surface area contributed by atoms with Gasteiger partial charge in [0.05, 0.1) is 33.2 Å². The molecule has 8 heteroatoms. The second-order valence-electron chi connectivity index (χ2n) is 9.86. The van der Waals surface area contributed by atoms with Crippen molar-refractivity contribution in [1.29, 1.82) is 5.26 Å². The fraction of sp³-hybridized carbons (Fsp3) is 0.467. The summed E-state index contributed by atoms with van der Waals surface area (Å²) >= 11 is 0. The topological polar surface area (TPSA) is 113 Å². The molecular formula is C30H36N2O6. The molecule has 0 saturated heterocycles. The number of nitrogens with zero attached hydrogens (tertiary/aromatic N) is 1. The van der Waals surface area contributed by atoms with Crippen molar-refractivity contribution in [2.24, 2.45) is 17.6 Å². The molecule has 1 atom stereocenters. The van der Waals surface area contributed by atoms with Crippen LogP contribution in [0.15, 0.2) is 41.8 Å². The van der Waals surface area contributed by atoms with Crippen LogP contribution in [-0.4, -0.2) is 27.3 Å². The van der Waals surface area contributed by atoms with Gasteiger partial charge in [0.1, 0.15) is 23.1 Å². The number of carbonyl (C=O) groups is 1. The van der Waals surface area contributed by atoms with Gasteiger partial charge >= 0.3 is 5.97 Å². The van der Waals surface area contributed by atoms with Crippen molar-refractivity contribution >= 4 is 5.97 Å². The van der Waals surface area contributed by atoms with Gasteiger partial charge in [-0.3, -0.25) is 4.79 Å². The van der Waals surface area contributed by atoms with Crippen molar-refractivity contribution in [2.75, 3.05) is 21.3 Å². The van der Waals surface area contributed by atoms with Gasteiger partial charge < -0.3 is 29.4 Å². The van der Waals surface area contributed by atoms with Gasteiger partial charge in [-0.15, -0.1) is 0 Å². The molecule has 2 aliphatic rings. The molecule has 0 aromatic heterocycles. The van der Waals surface area contributed by atoms with Gasteiger partial charge in [-0.25, -0.2) is 0 Å². The van der Waals surface area contributed by atoms with E-state index in [1.54, 1.807) is 30.3 Å². The number of methoxy groups -OCH3 is 3. The first kappa shape index (κ1) is 27.2. The SMILES string of the molecule is CCCCC1CCC(C(=O)Oc2ccc3c(c2)OC(N)=C(C#N)C3c2cc(OC)c(OC)c(OC)c2)CC1. The van der Waals surface area contributed by atoms with Crippen molar-refractivity contribution in [2.45, 2.75) is 57.8 Å². The summed E-state index contributed by atoms with van der Waals surface area (Å²) in [5, 5.41) is 9.93. The smallest absolute Gasteiger partial charge is 0.314 e. The molecule has 0 radical (unpaired) electrons. The van der Waals surface area contributed by atoms with Gasteiger partial charge in [0.2, 0.25) is 11.6 Å². The van der Waals surface area contributed by atoms with Crippen molar-refractivity contribution in [1.82, 2.24) is 0 Å². The van der Waals surface area contributed by atoms with E-state index in [0.717, 1.165) is 25.7 Å². The minimum absolute atomic E-state index is 0.00682. The molecular weight excluding hydrogens is 484 g/mol. The minimum Gasteiger partial charge on any atom is -0.493 e. The Morgan fingerprint density at radius 3 is 2.32 bits per heavy atom. The molecule has 1 aliphatic carbocycles. The van der Waals surface area contributed by atoms with Gasteiger partial charge in [-0.2, -0.15) is 5.26 Å². The summed E-state index contributed by atoms with van der Waals surface area (Å²) in [7, 11) is 4.60. The highest BCUT2D eigenvalue weighted by Gasteiger charge is 2.33. The predicted octanol–water partition coefficient (Wildman–Crippen LogP) is 5.83. The van der Waals surface area contributed by atoms with Crippen LogP contribution in [0.25, 0.3) is 0 Å². The Bertz CT molecular complexity index is 1210. The third-order valence-corrected chi connectivity index (χ3v) is 7.58. The fourth-order valence-corrected chi connectivity index (χ4v) is 5.49. The van der Waals surface area contributed by atoms with E-state index in [0.29, 0.717) is 45.8 Å². The number of hydrogen-bond donors (Lipinski definition) is 1. The number of ether oxygens (including phenoxy) is 5. The monoisotopic (exact) mass is 520 g/mol. The molecule has 0 bridgehead atoms. The average molecular weight is 521 g/mol. The van der Waals surface area contributed by atoms with Crippen LogP contribution in [0, 0.1) is 23.2 Å². The highest BCUT2D eigenvalue weighted by atomic mass is 16.5. The van der Waals surface area contributed by atoms with Gasteiger partial charge in [0.25, 0.3) is 0 Å². The first-order chi connectivity index (χ1) is 18.4. The molecule has 4 rings (SSSR count). The maximum atomic E-state index is 12.9. The van der Waals surface area contributed by atoms with Crippen LogP contribution in [0.4, 0.5) is 0 Å². The Hall–Kier alpha value is -3.86. The van der Waals surface area contributed by atoms with E-state index < -0.39 is 5.92 Å². The van der Waals surface area contributed by atoms with Gasteiger partial charge in [-0.05, 0) is 55.4 Å². The number of allylic oxidation sites excluding steroid dienone is 1. The van der Waals surface area contributed by atoms with E-state index in [1.165, 1.54) is 40.6 Å². The zero-order chi connectivity index (χ0) is 27.2. The predicted molar refractivity (Wildman–Crippen MR) is 142 cm³/mol. The summed E-state index contributed by atoms with van der Waals surface area (Å²) in [6, 6.07) is 11.0. The molecule has 38 heavy (non-hydrogen) atoms. The fourth-order valence-electron chi connectivity index (χ4n) is 5.49. The molecule has 2 aromatic rings. The largest absolute Gasteiger partial charge is 0.493 e. The lowest BCUT2D eigenvalue weighted by Gasteiger charge is -2.28. The second kappa shape index (κ2) is 12.1. The number of unbranched alkanes of at least 4 members (excludes halogenated alkanes) is 1. The van der Waals surface area contributed by atoms with Crippen molar-refractivity contribution < 1.29 is 28.5 Å². The van der Waals surface area contributed by atoms with E-state index in [9.17, 15) is 10.1 Å². The van der Waals surface area contributed by atoms with Crippen LogP contribution in [-0.2, 0) is 4.79 Å². The van der Waals surface area contributed by atoms with Crippen LogP contribution in [0.5, 0.6) is 28.7 Å². The van der Waals surface area contributed by atoms with Crippen LogP contribution >= 0.6 is 0 Å². The summed E-state index contributed by atoms with van der Waals surface area (Å²) in [6.07, 6.45) is 7.56. The number of fused-ring (bicyclic) bond motifs is 1. The zero-order valence-electron chi connectivity index (χ0n) is 22.5. The molecule has 1 heterocycles. The Balaban J connectivity index is 1.59. The van der Waals surface area contributed by atoms with Gasteiger partial charge in [-0.1, -0.05) is 32.3 Å². The standard InChI is InChI=1S/C30H36N2O6/c1-5-6-7-18-8-10-19(11-9-18)30(33)37-21-12-13-22-24(16-21)38-29(32)23(17-31)27(22)20-14-25(34-2)28(36-4)26(15-20)35-3/h12-16,18-19,27H,5-11,32H2,1-4H3. The molecule has 202 valence electrons. The average Bonchev–Trinajstić information content (AvgIpc) is 2.94. The lowest BCUT2D eigenvalue weighted by molar-refractivity contribution is -0.140. The van der Waals surface area contributed by atoms with E-state index in [-0.39, 0.29) is 23.3 Å². The van der Waals surface area contributed by atoms with E-state index in [4.69, 9.17) is 29.4 Å². The van der Waals surface area contributed by atoms with E-state index in [2.05, 4.69) is 13.0 Å². The number of benzene rings is 2. The molecule has 1 unspecified atom stereocenters. The number of carbonyl (C=O) groups excluding carboxylic acids is 1. The number of rotatable bonds is 9. The quantitative estimate of drug-likeness (QED) is 0.324. The Morgan fingerprint density at radius 1 is 1.05 bits per heavy atom. The van der Waals surface area contributed by atoms with Crippen molar-refractivity contribution in [3.8, 4) is 34.8 Å². The van der Waals surface area contributed by atoms with E-state index in [1.807, 2.05) is 0 Å². The summed E-state index contributed by atoms with van der Waals surface area (Å²) < 4.78 is 28.1. The summed E-state index contributed by atoms with van der Waals surface area (Å²) in [4.78, 5) is 12.9. The van der Waals surface area contributed by atoms with Gasteiger partial charge in [0, 0.05) is 11.6 Å². The maximum Gasteiger partial charge on any atom is 0.314 e. The maximum absolute atomic E-state index is 12.9. The lowest BCUT2D eigenvalue weighted by atomic mass is 9.80. The molecule has 0 spiro atoms. The number of hydrogen-bond acceptors (Lipinski definition) is 8. The van der Waals surface area contributed by atoms with Crippen LogP contribution in [0.2, 0.25) is 0 Å². The third-order valence-electron chi connectivity index (χ3n) is 7.58. The van der Waals surface area contributed by atoms with Crippen LogP contribution in [0.3, 0.4) is 0 Å². The number of esters is 1. The van der Waals surface area contributed by atoms with Crippen LogP contribution < -0.4 is 29.4 Å². The third kappa shape index (κ3) is 5.52. The molecule has 1 fully saturated rings. The normalized spacial score (nSPS) is 20.6. The summed E-state index contributed by atoms with van der Waals surface area (Å²) in [5.74, 6) is 2.04. The molecule has 0 amide bonds. The zero-order valence-corrected chi connectivity index (χ0v) is 22.5. The highest BCUT2D eigenvalue weighted by molar-refractivity contribution is 5.75. The summed E-state index contributed by atoms with van der Waals surface area (Å²) in [6.45, 7) is 2.21. The van der Waals surface area contributed by atoms with Gasteiger partial charge in [0.15, 0.2) is 11.5 Å². The summed E-state index contributed by atoms with van der Waals surface area (Å²) in [5.41, 5.74) is 7.87. The Kier molecular flexibility index (Phi) is 8.67. The number of nitriles is 1. The number of nitrogens with two attached hydrogens (primary N) is 1. The molecule has 1 aliphatic heterocycles. The molecule has 1 saturated carbocycles. The lowest BCUT2D eigenvalue weighted by Crippen LogP contribution is -2.26. The molecule has 2 aromatic carbocycles. The van der Waals surface area contributed by atoms with Crippen LogP contribution in [0.1, 0.15) is 68.9 Å². The van der Waals surface area contributed by atoms with E-state index >= 15 is 0 Å². The molecule has 2 N–H and O–H groups in total.